The third-order valence-electron chi connectivity index (χ3n) is 9.31. The molecule has 6 heteroatoms. The summed E-state index contributed by atoms with van der Waals surface area (Å²) in [5.74, 6) is 0.714. The van der Waals surface area contributed by atoms with Gasteiger partial charge < -0.3 is 15.2 Å². The zero-order chi connectivity index (χ0) is 26.2. The molecule has 2 aromatic carbocycles. The molecule has 1 heterocycles. The highest BCUT2D eigenvalue weighted by atomic mass is 35.5. The fourth-order valence-electron chi connectivity index (χ4n) is 7.36. The van der Waals surface area contributed by atoms with E-state index in [1.165, 1.54) is 22.4 Å². The molecule has 1 saturated carbocycles. The summed E-state index contributed by atoms with van der Waals surface area (Å²) in [5.41, 5.74) is 5.14. The summed E-state index contributed by atoms with van der Waals surface area (Å²) in [7, 11) is 0. The van der Waals surface area contributed by atoms with E-state index in [1.54, 1.807) is 0 Å². The van der Waals surface area contributed by atoms with Gasteiger partial charge in [-0.1, -0.05) is 41.9 Å². The highest BCUT2D eigenvalue weighted by Gasteiger charge is 2.53. The Morgan fingerprint density at radius 2 is 1.92 bits per heavy atom. The van der Waals surface area contributed by atoms with Gasteiger partial charge in [0.1, 0.15) is 11.3 Å². The van der Waals surface area contributed by atoms with E-state index in [0.29, 0.717) is 30.4 Å². The number of carboxylic acid groups (broad SMARTS) is 1. The molecule has 0 aliphatic heterocycles. The number of carboxylic acids is 1. The minimum Gasteiger partial charge on any atom is -0.493 e. The number of carbonyl (C=O) groups is 1. The zero-order valence-electron chi connectivity index (χ0n) is 21.7. The van der Waals surface area contributed by atoms with Crippen LogP contribution in [-0.2, 0) is 29.5 Å². The fraction of sp³-hybridized carbons (Fsp3) is 0.438. The van der Waals surface area contributed by atoms with Crippen molar-refractivity contribution >= 4 is 23.3 Å². The lowest BCUT2D eigenvalue weighted by molar-refractivity contribution is -0.144. The molecule has 1 unspecified atom stereocenters. The van der Waals surface area contributed by atoms with Crippen LogP contribution in [-0.4, -0.2) is 28.2 Å². The average molecular weight is 531 g/mol. The van der Waals surface area contributed by atoms with Gasteiger partial charge in [0.05, 0.1) is 6.61 Å². The van der Waals surface area contributed by atoms with Crippen LogP contribution < -0.4 is 10.1 Å². The molecule has 1 aromatic heterocycles. The summed E-state index contributed by atoms with van der Waals surface area (Å²) in [5, 5.41) is 14.3. The van der Waals surface area contributed by atoms with Crippen molar-refractivity contribution in [2.75, 3.05) is 11.9 Å². The highest BCUT2D eigenvalue weighted by Crippen LogP contribution is 2.55. The zero-order valence-corrected chi connectivity index (χ0v) is 22.5. The van der Waals surface area contributed by atoms with Gasteiger partial charge in [0.25, 0.3) is 0 Å². The van der Waals surface area contributed by atoms with Crippen LogP contribution in [0.1, 0.15) is 67.3 Å². The first kappa shape index (κ1) is 25.2. The number of nitrogens with zero attached hydrogens (tertiary/aromatic N) is 1. The van der Waals surface area contributed by atoms with Crippen LogP contribution in [0, 0.1) is 5.92 Å². The molecule has 0 saturated heterocycles. The molecule has 2 N–H and O–H groups in total. The molecule has 6 rings (SSSR count). The number of pyridine rings is 1. The Kier molecular flexibility index (Phi) is 6.81. The Morgan fingerprint density at radius 1 is 1.08 bits per heavy atom. The van der Waals surface area contributed by atoms with Crippen LogP contribution in [0.2, 0.25) is 5.02 Å². The number of nitrogens with one attached hydrogen (secondary N) is 1. The summed E-state index contributed by atoms with van der Waals surface area (Å²) in [6, 6.07) is 18.2. The van der Waals surface area contributed by atoms with Crippen LogP contribution in [0.25, 0.3) is 0 Å². The number of aryl methyl sites for hydroxylation is 1. The first-order valence-corrected chi connectivity index (χ1v) is 14.3. The molecule has 198 valence electrons. The Hall–Kier alpha value is -3.05. The van der Waals surface area contributed by atoms with Gasteiger partial charge in [-0.25, -0.2) is 4.79 Å². The normalized spacial score (nSPS) is 25.7. The van der Waals surface area contributed by atoms with Crippen molar-refractivity contribution in [2.45, 2.75) is 75.2 Å². The number of ether oxygens (including phenoxy) is 1. The number of fused-ring (bicyclic) bond motifs is 3. The standard InChI is InChI=1S/C32H35ClN2O3/c33-24-8-3-9-25(21-24)35-32(30(36)37)16-14-31(15-17-32)23(20-22-6-1-2-11-27(22)31)7-5-19-38-29-13-18-34-28-12-4-10-26(28)29/h1-3,6,8-9,11,13,18,21,23,35H,4-5,7,10,12,14-17,19-20H2,(H,36,37). The number of hydrogen-bond acceptors (Lipinski definition) is 4. The second kappa shape index (κ2) is 10.3. The predicted octanol–water partition coefficient (Wildman–Crippen LogP) is 7.00. The lowest BCUT2D eigenvalue weighted by atomic mass is 9.60. The van der Waals surface area contributed by atoms with Crippen molar-refractivity contribution in [1.29, 1.82) is 0 Å². The first-order chi connectivity index (χ1) is 18.5. The molecule has 1 atom stereocenters. The van der Waals surface area contributed by atoms with E-state index >= 15 is 0 Å². The van der Waals surface area contributed by atoms with E-state index in [9.17, 15) is 9.90 Å². The monoisotopic (exact) mass is 530 g/mol. The first-order valence-electron chi connectivity index (χ1n) is 13.9. The maximum atomic E-state index is 12.6. The van der Waals surface area contributed by atoms with Gasteiger partial charge in [-0.2, -0.15) is 0 Å². The van der Waals surface area contributed by atoms with Gasteiger partial charge in [0, 0.05) is 28.2 Å². The van der Waals surface area contributed by atoms with Crippen LogP contribution in [0.4, 0.5) is 5.69 Å². The molecule has 0 bridgehead atoms. The van der Waals surface area contributed by atoms with E-state index in [1.807, 2.05) is 36.5 Å². The van der Waals surface area contributed by atoms with Gasteiger partial charge in [-0.3, -0.25) is 4.98 Å². The number of hydrogen-bond donors (Lipinski definition) is 2. The third-order valence-corrected chi connectivity index (χ3v) is 9.55. The topological polar surface area (TPSA) is 71.5 Å². The second-order valence-electron chi connectivity index (χ2n) is 11.3. The van der Waals surface area contributed by atoms with Gasteiger partial charge in [-0.05, 0) is 111 Å². The molecule has 1 fully saturated rings. The summed E-state index contributed by atoms with van der Waals surface area (Å²) >= 11 is 6.19. The number of halogens is 1. The van der Waals surface area contributed by atoms with Gasteiger partial charge in [-0.15, -0.1) is 0 Å². The van der Waals surface area contributed by atoms with Crippen molar-refractivity contribution in [3.05, 3.63) is 88.2 Å². The fourth-order valence-corrected chi connectivity index (χ4v) is 7.55. The van der Waals surface area contributed by atoms with Crippen LogP contribution >= 0.6 is 11.6 Å². The Balaban J connectivity index is 1.17. The molecule has 3 aliphatic rings. The van der Waals surface area contributed by atoms with Gasteiger partial charge >= 0.3 is 5.97 Å². The summed E-state index contributed by atoms with van der Waals surface area (Å²) < 4.78 is 6.26. The largest absolute Gasteiger partial charge is 0.493 e. The number of anilines is 1. The van der Waals surface area contributed by atoms with Crippen molar-refractivity contribution in [1.82, 2.24) is 4.98 Å². The maximum absolute atomic E-state index is 12.6. The third kappa shape index (κ3) is 4.55. The lowest BCUT2D eigenvalue weighted by Gasteiger charge is -2.47. The Morgan fingerprint density at radius 3 is 2.74 bits per heavy atom. The summed E-state index contributed by atoms with van der Waals surface area (Å²) in [6.07, 6.45) is 11.1. The van der Waals surface area contributed by atoms with Crippen molar-refractivity contribution in [2.24, 2.45) is 5.92 Å². The summed E-state index contributed by atoms with van der Waals surface area (Å²) in [6.45, 7) is 0.703. The van der Waals surface area contributed by atoms with Gasteiger partial charge in [0.15, 0.2) is 0 Å². The van der Waals surface area contributed by atoms with Crippen molar-refractivity contribution in [3.63, 3.8) is 0 Å². The molecule has 3 aliphatic carbocycles. The molecule has 0 radical (unpaired) electrons. The van der Waals surface area contributed by atoms with E-state index in [0.717, 1.165) is 62.8 Å². The van der Waals surface area contributed by atoms with Crippen molar-refractivity contribution in [3.8, 4) is 5.75 Å². The van der Waals surface area contributed by atoms with Crippen LogP contribution in [0.15, 0.2) is 60.8 Å². The molecule has 1 spiro atoms. The minimum atomic E-state index is -0.983. The molecule has 0 amide bonds. The van der Waals surface area contributed by atoms with Crippen LogP contribution in [0.5, 0.6) is 5.75 Å². The van der Waals surface area contributed by atoms with Gasteiger partial charge in [0.2, 0.25) is 0 Å². The molecular formula is C32H35ClN2O3. The number of aliphatic carboxylic acids is 1. The number of aromatic nitrogens is 1. The average Bonchev–Trinajstić information content (AvgIpc) is 3.52. The Bertz CT molecular complexity index is 1330. The van der Waals surface area contributed by atoms with Crippen LogP contribution in [0.3, 0.4) is 0 Å². The minimum absolute atomic E-state index is 0.0173. The van der Waals surface area contributed by atoms with E-state index in [2.05, 4.69) is 34.6 Å². The smallest absolute Gasteiger partial charge is 0.329 e. The van der Waals surface area contributed by atoms with Crippen molar-refractivity contribution < 1.29 is 14.6 Å². The van der Waals surface area contributed by atoms with E-state index in [4.69, 9.17) is 16.3 Å². The highest BCUT2D eigenvalue weighted by molar-refractivity contribution is 6.30. The SMILES string of the molecule is O=C(O)C1(Nc2cccc(Cl)c2)CCC2(CC1)c1ccccc1CC2CCCOc1ccnc2c1CCC2. The molecule has 5 nitrogen and oxygen atoms in total. The number of rotatable bonds is 8. The molecule has 38 heavy (non-hydrogen) atoms. The van der Waals surface area contributed by atoms with E-state index in [-0.39, 0.29) is 5.41 Å². The Labute approximate surface area is 229 Å². The number of benzene rings is 2. The summed E-state index contributed by atoms with van der Waals surface area (Å²) in [4.78, 5) is 17.1. The lowest BCUT2D eigenvalue weighted by Crippen LogP contribution is -2.53. The maximum Gasteiger partial charge on any atom is 0.329 e. The quantitative estimate of drug-likeness (QED) is 0.307. The molecular weight excluding hydrogens is 496 g/mol. The molecule has 3 aromatic rings. The second-order valence-corrected chi connectivity index (χ2v) is 11.8. The predicted molar refractivity (Wildman–Crippen MR) is 150 cm³/mol. The van der Waals surface area contributed by atoms with E-state index < -0.39 is 11.5 Å².